The van der Waals surface area contributed by atoms with Crippen molar-refractivity contribution in [1.82, 2.24) is 5.32 Å². The molecule has 1 aliphatic rings. The van der Waals surface area contributed by atoms with Gasteiger partial charge in [-0.3, -0.25) is 9.10 Å². The lowest BCUT2D eigenvalue weighted by Crippen LogP contribution is -2.40. The van der Waals surface area contributed by atoms with Gasteiger partial charge in [0.2, 0.25) is 15.9 Å². The lowest BCUT2D eigenvalue weighted by atomic mass is 10.1. The Kier molecular flexibility index (Phi) is 6.64. The minimum atomic E-state index is -3.64. The quantitative estimate of drug-likeness (QED) is 0.665. The van der Waals surface area contributed by atoms with Crippen molar-refractivity contribution >= 4 is 21.6 Å². The number of ether oxygens (including phenoxy) is 2. The van der Waals surface area contributed by atoms with Gasteiger partial charge in [-0.2, -0.15) is 0 Å². The summed E-state index contributed by atoms with van der Waals surface area (Å²) in [5.74, 6) is 0.685. The first-order valence-corrected chi connectivity index (χ1v) is 11.4. The van der Waals surface area contributed by atoms with Crippen LogP contribution in [-0.2, 0) is 21.2 Å². The molecule has 0 unspecified atom stereocenters. The van der Waals surface area contributed by atoms with Gasteiger partial charge < -0.3 is 14.8 Å². The summed E-state index contributed by atoms with van der Waals surface area (Å²) in [7, 11) is -3.64. The molecule has 0 atom stereocenters. The lowest BCUT2D eigenvalue weighted by Gasteiger charge is -2.24. The molecule has 156 valence electrons. The molecule has 0 saturated carbocycles. The molecule has 1 aliphatic heterocycles. The molecule has 0 aliphatic carbocycles. The maximum absolute atomic E-state index is 12.4. The number of benzene rings is 2. The largest absolute Gasteiger partial charge is 0.486 e. The van der Waals surface area contributed by atoms with E-state index in [1.165, 1.54) is 11.1 Å². The first kappa shape index (κ1) is 21.0. The molecule has 29 heavy (non-hydrogen) atoms. The van der Waals surface area contributed by atoms with E-state index in [-0.39, 0.29) is 12.5 Å². The van der Waals surface area contributed by atoms with Gasteiger partial charge >= 0.3 is 0 Å². The molecule has 3 rings (SSSR count). The molecular formula is C21H26N2O5S. The molecule has 2 aromatic carbocycles. The SMILES string of the molecule is Cc1cccc(CCCNC(=O)CN(c2ccc3c(c2)OCCO3)S(C)(=O)=O)c1. The fourth-order valence-corrected chi connectivity index (χ4v) is 4.01. The molecule has 1 amide bonds. The first-order chi connectivity index (χ1) is 13.8. The zero-order valence-corrected chi connectivity index (χ0v) is 17.5. The average Bonchev–Trinajstić information content (AvgIpc) is 2.68. The van der Waals surface area contributed by atoms with Gasteiger partial charge in [0.05, 0.1) is 11.9 Å². The van der Waals surface area contributed by atoms with Gasteiger partial charge in [0.1, 0.15) is 19.8 Å². The van der Waals surface area contributed by atoms with Crippen molar-refractivity contribution in [2.45, 2.75) is 19.8 Å². The van der Waals surface area contributed by atoms with Crippen LogP contribution < -0.4 is 19.1 Å². The molecular weight excluding hydrogens is 392 g/mol. The molecule has 0 radical (unpaired) electrons. The van der Waals surface area contributed by atoms with E-state index in [0.29, 0.717) is 36.9 Å². The highest BCUT2D eigenvalue weighted by molar-refractivity contribution is 7.92. The second kappa shape index (κ2) is 9.17. The van der Waals surface area contributed by atoms with Gasteiger partial charge in [-0.05, 0) is 37.5 Å². The Morgan fingerprint density at radius 1 is 1.10 bits per heavy atom. The number of carbonyl (C=O) groups excluding carboxylic acids is 1. The zero-order chi connectivity index (χ0) is 20.9. The summed E-state index contributed by atoms with van der Waals surface area (Å²) >= 11 is 0. The third kappa shape index (κ3) is 5.87. The van der Waals surface area contributed by atoms with Crippen LogP contribution in [0.25, 0.3) is 0 Å². The molecule has 0 bridgehead atoms. The lowest BCUT2D eigenvalue weighted by molar-refractivity contribution is -0.119. The van der Waals surface area contributed by atoms with Crippen molar-refractivity contribution in [2.24, 2.45) is 0 Å². The fraction of sp³-hybridized carbons (Fsp3) is 0.381. The molecule has 2 aromatic rings. The molecule has 1 heterocycles. The van der Waals surface area contributed by atoms with Crippen molar-refractivity contribution in [2.75, 3.05) is 36.9 Å². The number of rotatable bonds is 8. The second-order valence-corrected chi connectivity index (χ2v) is 8.95. The molecule has 0 saturated heterocycles. The number of nitrogens with one attached hydrogen (secondary N) is 1. The molecule has 0 aromatic heterocycles. The van der Waals surface area contributed by atoms with Crippen LogP contribution in [0.4, 0.5) is 5.69 Å². The van der Waals surface area contributed by atoms with Crippen molar-refractivity contribution in [3.63, 3.8) is 0 Å². The highest BCUT2D eigenvalue weighted by Gasteiger charge is 2.23. The number of amides is 1. The summed E-state index contributed by atoms with van der Waals surface area (Å²) in [6.07, 6.45) is 2.70. The Morgan fingerprint density at radius 2 is 1.86 bits per heavy atom. The van der Waals surface area contributed by atoms with E-state index < -0.39 is 10.0 Å². The maximum atomic E-state index is 12.4. The number of nitrogens with zero attached hydrogens (tertiary/aromatic N) is 1. The van der Waals surface area contributed by atoms with E-state index in [9.17, 15) is 13.2 Å². The van der Waals surface area contributed by atoms with E-state index in [1.54, 1.807) is 18.2 Å². The zero-order valence-electron chi connectivity index (χ0n) is 16.7. The van der Waals surface area contributed by atoms with Crippen LogP contribution >= 0.6 is 0 Å². The summed E-state index contributed by atoms with van der Waals surface area (Å²) in [6, 6.07) is 13.1. The predicted octanol–water partition coefficient (Wildman–Crippen LogP) is 2.28. The van der Waals surface area contributed by atoms with Crippen LogP contribution in [0.15, 0.2) is 42.5 Å². The number of aryl methyl sites for hydroxylation is 2. The average molecular weight is 419 g/mol. The summed E-state index contributed by atoms with van der Waals surface area (Å²) in [4.78, 5) is 12.4. The Bertz CT molecular complexity index is 975. The number of carbonyl (C=O) groups is 1. The Hall–Kier alpha value is -2.74. The number of fused-ring (bicyclic) bond motifs is 1. The Balaban J connectivity index is 1.58. The van der Waals surface area contributed by atoms with Crippen molar-refractivity contribution < 1.29 is 22.7 Å². The number of sulfonamides is 1. The normalized spacial score (nSPS) is 13.0. The first-order valence-electron chi connectivity index (χ1n) is 9.52. The van der Waals surface area contributed by atoms with E-state index in [1.807, 2.05) is 19.1 Å². The summed E-state index contributed by atoms with van der Waals surface area (Å²) in [5.41, 5.74) is 2.79. The van der Waals surface area contributed by atoms with Crippen LogP contribution in [0, 0.1) is 6.92 Å². The number of hydrogen-bond donors (Lipinski definition) is 1. The molecule has 0 fully saturated rings. The van der Waals surface area contributed by atoms with E-state index >= 15 is 0 Å². The van der Waals surface area contributed by atoms with Crippen molar-refractivity contribution in [3.8, 4) is 11.5 Å². The number of hydrogen-bond acceptors (Lipinski definition) is 5. The van der Waals surface area contributed by atoms with Crippen molar-refractivity contribution in [3.05, 3.63) is 53.6 Å². The predicted molar refractivity (Wildman–Crippen MR) is 112 cm³/mol. The molecule has 8 heteroatoms. The molecule has 0 spiro atoms. The van der Waals surface area contributed by atoms with Gasteiger partial charge in [0, 0.05) is 12.6 Å². The number of anilines is 1. The van der Waals surface area contributed by atoms with E-state index in [2.05, 4.69) is 17.4 Å². The highest BCUT2D eigenvalue weighted by atomic mass is 32.2. The Labute approximate surface area is 171 Å². The van der Waals surface area contributed by atoms with Gasteiger partial charge in [-0.1, -0.05) is 29.8 Å². The maximum Gasteiger partial charge on any atom is 0.240 e. The minimum absolute atomic E-state index is 0.289. The van der Waals surface area contributed by atoms with Gasteiger partial charge in [0.25, 0.3) is 0 Å². The van der Waals surface area contributed by atoms with Crippen LogP contribution in [0.2, 0.25) is 0 Å². The van der Waals surface area contributed by atoms with E-state index in [4.69, 9.17) is 9.47 Å². The van der Waals surface area contributed by atoms with E-state index in [0.717, 1.165) is 23.4 Å². The topological polar surface area (TPSA) is 84.9 Å². The molecule has 1 N–H and O–H groups in total. The standard InChI is InChI=1S/C21H26N2O5S/c1-16-5-3-6-17(13-16)7-4-10-22-21(24)15-23(29(2,25)26)18-8-9-19-20(14-18)28-12-11-27-19/h3,5-6,8-9,13-14H,4,7,10-12,15H2,1-2H3,(H,22,24). The summed E-state index contributed by atoms with van der Waals surface area (Å²) in [5, 5.41) is 2.80. The Morgan fingerprint density at radius 3 is 2.59 bits per heavy atom. The monoisotopic (exact) mass is 418 g/mol. The third-order valence-corrected chi connectivity index (χ3v) is 5.69. The fourth-order valence-electron chi connectivity index (χ4n) is 3.16. The van der Waals surface area contributed by atoms with Gasteiger partial charge in [-0.15, -0.1) is 0 Å². The van der Waals surface area contributed by atoms with Crippen LogP contribution in [-0.4, -0.2) is 46.9 Å². The highest BCUT2D eigenvalue weighted by Crippen LogP contribution is 2.34. The van der Waals surface area contributed by atoms with Crippen LogP contribution in [0.1, 0.15) is 17.5 Å². The second-order valence-electron chi connectivity index (χ2n) is 7.04. The summed E-state index contributed by atoms with van der Waals surface area (Å²) < 4.78 is 36.6. The van der Waals surface area contributed by atoms with Gasteiger partial charge in [-0.25, -0.2) is 8.42 Å². The third-order valence-electron chi connectivity index (χ3n) is 4.55. The van der Waals surface area contributed by atoms with Crippen LogP contribution in [0.3, 0.4) is 0 Å². The van der Waals surface area contributed by atoms with Crippen LogP contribution in [0.5, 0.6) is 11.5 Å². The van der Waals surface area contributed by atoms with Gasteiger partial charge in [0.15, 0.2) is 11.5 Å². The summed E-state index contributed by atoms with van der Waals surface area (Å²) in [6.45, 7) is 3.08. The minimum Gasteiger partial charge on any atom is -0.486 e. The van der Waals surface area contributed by atoms with Crippen molar-refractivity contribution in [1.29, 1.82) is 0 Å². The molecule has 7 nitrogen and oxygen atoms in total. The smallest absolute Gasteiger partial charge is 0.240 e.